The predicted molar refractivity (Wildman–Crippen MR) is 71.4 cm³/mol. The van der Waals surface area contributed by atoms with Gasteiger partial charge in [-0.3, -0.25) is 9.59 Å². The van der Waals surface area contributed by atoms with Crippen LogP contribution in [-0.4, -0.2) is 17.9 Å². The van der Waals surface area contributed by atoms with E-state index in [1.807, 2.05) is 12.1 Å². The summed E-state index contributed by atoms with van der Waals surface area (Å²) in [6, 6.07) is 8.02. The van der Waals surface area contributed by atoms with Crippen LogP contribution in [0.4, 0.5) is 0 Å². The molecule has 0 spiro atoms. The van der Waals surface area contributed by atoms with E-state index in [1.165, 1.54) is 11.1 Å². The van der Waals surface area contributed by atoms with Gasteiger partial charge < -0.3 is 10.6 Å². The monoisotopic (exact) mass is 258 g/mol. The Kier molecular flexibility index (Phi) is 3.23. The summed E-state index contributed by atoms with van der Waals surface area (Å²) < 4.78 is 0. The van der Waals surface area contributed by atoms with E-state index >= 15 is 0 Å². The average molecular weight is 258 g/mol. The van der Waals surface area contributed by atoms with Crippen molar-refractivity contribution in [2.24, 2.45) is 0 Å². The van der Waals surface area contributed by atoms with Gasteiger partial charge in [0.15, 0.2) is 0 Å². The molecule has 1 aliphatic heterocycles. The summed E-state index contributed by atoms with van der Waals surface area (Å²) in [6.07, 6.45) is 4.23. The molecule has 19 heavy (non-hydrogen) atoms. The van der Waals surface area contributed by atoms with E-state index in [-0.39, 0.29) is 23.9 Å². The molecular formula is C15H18N2O2. The van der Waals surface area contributed by atoms with Crippen molar-refractivity contribution in [1.29, 1.82) is 0 Å². The molecule has 2 atom stereocenters. The molecule has 0 bridgehead atoms. The van der Waals surface area contributed by atoms with Gasteiger partial charge in [0, 0.05) is 6.42 Å². The highest BCUT2D eigenvalue weighted by atomic mass is 16.2. The van der Waals surface area contributed by atoms with E-state index in [9.17, 15) is 9.59 Å². The summed E-state index contributed by atoms with van der Waals surface area (Å²) in [4.78, 5) is 23.3. The highest BCUT2D eigenvalue weighted by Crippen LogP contribution is 2.29. The second kappa shape index (κ2) is 5.03. The van der Waals surface area contributed by atoms with E-state index < -0.39 is 0 Å². The molecule has 1 aromatic rings. The van der Waals surface area contributed by atoms with E-state index in [2.05, 4.69) is 22.8 Å². The number of carbonyl (C=O) groups excluding carboxylic acids is 2. The molecule has 3 rings (SSSR count). The first-order valence-corrected chi connectivity index (χ1v) is 6.91. The molecule has 2 amide bonds. The Bertz CT molecular complexity index is 513. The van der Waals surface area contributed by atoms with Crippen molar-refractivity contribution in [2.75, 3.05) is 0 Å². The molecule has 0 aromatic heterocycles. The number of carbonyl (C=O) groups is 2. The zero-order valence-corrected chi connectivity index (χ0v) is 10.8. The van der Waals surface area contributed by atoms with Crippen LogP contribution in [0.2, 0.25) is 0 Å². The van der Waals surface area contributed by atoms with Crippen molar-refractivity contribution in [3.05, 3.63) is 35.4 Å². The Morgan fingerprint density at radius 1 is 1.21 bits per heavy atom. The highest BCUT2D eigenvalue weighted by Gasteiger charge is 2.30. The van der Waals surface area contributed by atoms with Gasteiger partial charge in [0.25, 0.3) is 0 Å². The van der Waals surface area contributed by atoms with Crippen LogP contribution in [0.5, 0.6) is 0 Å². The number of hydrogen-bond acceptors (Lipinski definition) is 2. The standard InChI is InChI=1S/C15H18N2O2/c18-14-9-8-13(16-14)15(19)17-12-7-3-5-10-4-1-2-6-11(10)12/h1-2,4,6,12-13H,3,5,7-9H2,(H,16,18)(H,17,19)/t12-,13+/m0/s1. The maximum Gasteiger partial charge on any atom is 0.243 e. The fraction of sp³-hybridized carbons (Fsp3) is 0.467. The van der Waals surface area contributed by atoms with Crippen LogP contribution in [0.25, 0.3) is 0 Å². The van der Waals surface area contributed by atoms with Gasteiger partial charge in [-0.15, -0.1) is 0 Å². The van der Waals surface area contributed by atoms with E-state index in [0.29, 0.717) is 12.8 Å². The largest absolute Gasteiger partial charge is 0.348 e. The molecule has 0 radical (unpaired) electrons. The van der Waals surface area contributed by atoms with Gasteiger partial charge in [0.2, 0.25) is 11.8 Å². The Morgan fingerprint density at radius 2 is 2.05 bits per heavy atom. The molecule has 4 heteroatoms. The summed E-state index contributed by atoms with van der Waals surface area (Å²) in [5.41, 5.74) is 2.56. The molecule has 1 fully saturated rings. The van der Waals surface area contributed by atoms with Crippen molar-refractivity contribution in [2.45, 2.75) is 44.2 Å². The highest BCUT2D eigenvalue weighted by molar-refractivity contribution is 5.91. The zero-order chi connectivity index (χ0) is 13.2. The topological polar surface area (TPSA) is 58.2 Å². The third-order valence-corrected chi connectivity index (χ3v) is 4.00. The Hall–Kier alpha value is -1.84. The van der Waals surface area contributed by atoms with Crippen LogP contribution in [-0.2, 0) is 16.0 Å². The van der Waals surface area contributed by atoms with E-state index in [1.54, 1.807) is 0 Å². The van der Waals surface area contributed by atoms with Crippen LogP contribution in [0.1, 0.15) is 42.9 Å². The molecule has 1 saturated heterocycles. The molecule has 1 aromatic carbocycles. The second-order valence-corrected chi connectivity index (χ2v) is 5.31. The molecule has 0 saturated carbocycles. The SMILES string of the molecule is O=C1CC[C@H](C(=O)N[C@H]2CCCc3ccccc32)N1. The van der Waals surface area contributed by atoms with Crippen molar-refractivity contribution < 1.29 is 9.59 Å². The van der Waals surface area contributed by atoms with Gasteiger partial charge >= 0.3 is 0 Å². The maximum atomic E-state index is 12.1. The molecule has 0 unspecified atom stereocenters. The van der Waals surface area contributed by atoms with E-state index in [0.717, 1.165) is 19.3 Å². The average Bonchev–Trinajstić information content (AvgIpc) is 2.86. The normalized spacial score (nSPS) is 25.6. The molecule has 1 aliphatic carbocycles. The Balaban J connectivity index is 1.71. The zero-order valence-electron chi connectivity index (χ0n) is 10.8. The minimum absolute atomic E-state index is 0.0239. The second-order valence-electron chi connectivity index (χ2n) is 5.31. The first-order chi connectivity index (χ1) is 9.24. The van der Waals surface area contributed by atoms with E-state index in [4.69, 9.17) is 0 Å². The van der Waals surface area contributed by atoms with Gasteiger partial charge in [-0.05, 0) is 36.8 Å². The quantitative estimate of drug-likeness (QED) is 0.843. The lowest BCUT2D eigenvalue weighted by Crippen LogP contribution is -2.43. The van der Waals surface area contributed by atoms with Crippen molar-refractivity contribution >= 4 is 11.8 Å². The van der Waals surface area contributed by atoms with Crippen LogP contribution in [0.15, 0.2) is 24.3 Å². The van der Waals surface area contributed by atoms with Gasteiger partial charge in [0.05, 0.1) is 6.04 Å². The van der Waals surface area contributed by atoms with Crippen molar-refractivity contribution in [3.63, 3.8) is 0 Å². The van der Waals surface area contributed by atoms with Crippen LogP contribution in [0, 0.1) is 0 Å². The van der Waals surface area contributed by atoms with Gasteiger partial charge in [0.1, 0.15) is 6.04 Å². The van der Waals surface area contributed by atoms with Gasteiger partial charge in [-0.2, -0.15) is 0 Å². The minimum Gasteiger partial charge on any atom is -0.348 e. The first-order valence-electron chi connectivity index (χ1n) is 6.91. The number of fused-ring (bicyclic) bond motifs is 1. The Labute approximate surface area is 112 Å². The number of aryl methyl sites for hydroxylation is 1. The summed E-state index contributed by atoms with van der Waals surface area (Å²) in [7, 11) is 0. The molecule has 100 valence electrons. The number of hydrogen-bond donors (Lipinski definition) is 2. The first kappa shape index (κ1) is 12.2. The lowest BCUT2D eigenvalue weighted by molar-refractivity contribution is -0.126. The van der Waals surface area contributed by atoms with Crippen LogP contribution >= 0.6 is 0 Å². The summed E-state index contributed by atoms with van der Waals surface area (Å²) in [6.45, 7) is 0. The fourth-order valence-corrected chi connectivity index (χ4v) is 2.99. The molecule has 1 heterocycles. The fourth-order valence-electron chi connectivity index (χ4n) is 2.99. The molecule has 2 aliphatic rings. The smallest absolute Gasteiger partial charge is 0.243 e. The maximum absolute atomic E-state index is 12.1. The lowest BCUT2D eigenvalue weighted by Gasteiger charge is -2.27. The van der Waals surface area contributed by atoms with Crippen molar-refractivity contribution in [1.82, 2.24) is 10.6 Å². The van der Waals surface area contributed by atoms with Crippen LogP contribution in [0.3, 0.4) is 0 Å². The number of nitrogens with one attached hydrogen (secondary N) is 2. The van der Waals surface area contributed by atoms with Gasteiger partial charge in [-0.25, -0.2) is 0 Å². The Morgan fingerprint density at radius 3 is 2.84 bits per heavy atom. The minimum atomic E-state index is -0.346. The predicted octanol–water partition coefficient (Wildman–Crippen LogP) is 1.46. The molecule has 2 N–H and O–H groups in total. The summed E-state index contributed by atoms with van der Waals surface area (Å²) in [5.74, 6) is -0.0725. The van der Waals surface area contributed by atoms with Crippen LogP contribution < -0.4 is 10.6 Å². The van der Waals surface area contributed by atoms with Gasteiger partial charge in [-0.1, -0.05) is 24.3 Å². The van der Waals surface area contributed by atoms with Crippen molar-refractivity contribution in [3.8, 4) is 0 Å². The summed E-state index contributed by atoms with van der Waals surface area (Å²) in [5, 5.41) is 5.80. The molecule has 4 nitrogen and oxygen atoms in total. The summed E-state index contributed by atoms with van der Waals surface area (Å²) >= 11 is 0. The number of benzene rings is 1. The number of amides is 2. The number of rotatable bonds is 2. The third-order valence-electron chi connectivity index (χ3n) is 4.00. The molecular weight excluding hydrogens is 240 g/mol. The third kappa shape index (κ3) is 2.48. The lowest BCUT2D eigenvalue weighted by atomic mass is 9.87.